The smallest absolute Gasteiger partial charge is 0.251 e. The van der Waals surface area contributed by atoms with Crippen molar-refractivity contribution >= 4 is 38.7 Å². The highest BCUT2D eigenvalue weighted by Gasteiger charge is 2.30. The SMILES string of the molecule is O=C(NCc1cccc(Cl)c1)c1ccc2c(c1)N=C(c1ccc(F)cc1)c1ccccc1S2(=O)=O. The highest BCUT2D eigenvalue weighted by Crippen LogP contribution is 2.37. The molecule has 0 aliphatic carbocycles. The van der Waals surface area contributed by atoms with Crippen molar-refractivity contribution in [2.75, 3.05) is 0 Å². The molecule has 0 bridgehead atoms. The third kappa shape index (κ3) is 4.48. The molecule has 5 rings (SSSR count). The van der Waals surface area contributed by atoms with Crippen LogP contribution in [0.15, 0.2) is 106 Å². The fourth-order valence-electron chi connectivity index (χ4n) is 3.93. The molecule has 0 aromatic heterocycles. The van der Waals surface area contributed by atoms with Gasteiger partial charge in [0.2, 0.25) is 9.84 Å². The quantitative estimate of drug-likeness (QED) is 0.340. The molecule has 35 heavy (non-hydrogen) atoms. The Morgan fingerprint density at radius 2 is 1.66 bits per heavy atom. The Balaban J connectivity index is 1.58. The lowest BCUT2D eigenvalue weighted by Gasteiger charge is -2.10. The van der Waals surface area contributed by atoms with E-state index in [0.717, 1.165) is 5.56 Å². The zero-order valence-corrected chi connectivity index (χ0v) is 19.8. The number of fused-ring (bicyclic) bond motifs is 2. The van der Waals surface area contributed by atoms with E-state index in [1.165, 1.54) is 36.4 Å². The fraction of sp³-hybridized carbons (Fsp3) is 0.0370. The lowest BCUT2D eigenvalue weighted by molar-refractivity contribution is 0.0951. The van der Waals surface area contributed by atoms with Gasteiger partial charge in [-0.05, 0) is 66.2 Å². The van der Waals surface area contributed by atoms with Crippen molar-refractivity contribution in [3.8, 4) is 0 Å². The van der Waals surface area contributed by atoms with E-state index in [2.05, 4.69) is 10.3 Å². The summed E-state index contributed by atoms with van der Waals surface area (Å²) in [5.74, 6) is -0.798. The molecule has 0 saturated carbocycles. The summed E-state index contributed by atoms with van der Waals surface area (Å²) >= 11 is 6.00. The average Bonchev–Trinajstić information content (AvgIpc) is 2.95. The number of carbonyl (C=O) groups is 1. The van der Waals surface area contributed by atoms with E-state index < -0.39 is 15.7 Å². The van der Waals surface area contributed by atoms with E-state index in [-0.39, 0.29) is 33.5 Å². The number of carbonyl (C=O) groups excluding carboxylic acids is 1. The van der Waals surface area contributed by atoms with Gasteiger partial charge in [0.05, 0.1) is 21.2 Å². The van der Waals surface area contributed by atoms with Crippen molar-refractivity contribution in [2.24, 2.45) is 4.99 Å². The molecule has 4 aromatic rings. The largest absolute Gasteiger partial charge is 0.348 e. The Bertz CT molecular complexity index is 1600. The maximum absolute atomic E-state index is 13.6. The van der Waals surface area contributed by atoms with Crippen LogP contribution in [0, 0.1) is 5.82 Å². The summed E-state index contributed by atoms with van der Waals surface area (Å²) in [5, 5.41) is 3.38. The molecule has 8 heteroatoms. The predicted octanol–water partition coefficient (Wildman–Crippen LogP) is 5.72. The first-order valence-corrected chi connectivity index (χ1v) is 12.5. The van der Waals surface area contributed by atoms with Crippen molar-refractivity contribution < 1.29 is 17.6 Å². The van der Waals surface area contributed by atoms with E-state index >= 15 is 0 Å². The van der Waals surface area contributed by atoms with E-state index in [0.29, 0.717) is 21.9 Å². The summed E-state index contributed by atoms with van der Waals surface area (Å²) in [4.78, 5) is 17.6. The normalized spacial score (nSPS) is 13.7. The van der Waals surface area contributed by atoms with Crippen LogP contribution < -0.4 is 5.32 Å². The van der Waals surface area contributed by atoms with Crippen LogP contribution >= 0.6 is 11.6 Å². The van der Waals surface area contributed by atoms with Gasteiger partial charge < -0.3 is 5.32 Å². The van der Waals surface area contributed by atoms with Crippen LogP contribution in [0.5, 0.6) is 0 Å². The molecule has 0 fully saturated rings. The van der Waals surface area contributed by atoms with Crippen LogP contribution in [-0.2, 0) is 16.4 Å². The number of hydrogen-bond donors (Lipinski definition) is 1. The number of halogens is 2. The van der Waals surface area contributed by atoms with Gasteiger partial charge in [-0.3, -0.25) is 4.79 Å². The van der Waals surface area contributed by atoms with Gasteiger partial charge in [-0.15, -0.1) is 0 Å². The summed E-state index contributed by atoms with van der Waals surface area (Å²) in [6, 6.07) is 23.7. The minimum Gasteiger partial charge on any atom is -0.348 e. The zero-order valence-electron chi connectivity index (χ0n) is 18.2. The molecule has 0 spiro atoms. The predicted molar refractivity (Wildman–Crippen MR) is 133 cm³/mol. The van der Waals surface area contributed by atoms with Crippen molar-refractivity contribution in [3.05, 3.63) is 124 Å². The van der Waals surface area contributed by atoms with Gasteiger partial charge in [0.25, 0.3) is 5.91 Å². The summed E-state index contributed by atoms with van der Waals surface area (Å²) in [5.41, 5.74) is 2.56. The minimum absolute atomic E-state index is 0.00606. The van der Waals surface area contributed by atoms with E-state index in [4.69, 9.17) is 11.6 Å². The molecular weight excluding hydrogens is 487 g/mol. The van der Waals surface area contributed by atoms with Crippen molar-refractivity contribution in [1.82, 2.24) is 5.32 Å². The van der Waals surface area contributed by atoms with E-state index in [1.807, 2.05) is 6.07 Å². The highest BCUT2D eigenvalue weighted by molar-refractivity contribution is 7.91. The Morgan fingerprint density at radius 1 is 0.886 bits per heavy atom. The first-order valence-electron chi connectivity index (χ1n) is 10.7. The molecule has 1 heterocycles. The van der Waals surface area contributed by atoms with Crippen LogP contribution in [0.1, 0.15) is 27.0 Å². The van der Waals surface area contributed by atoms with Gasteiger partial charge in [-0.2, -0.15) is 0 Å². The van der Waals surface area contributed by atoms with E-state index in [9.17, 15) is 17.6 Å². The summed E-state index contributed by atoms with van der Waals surface area (Å²) in [6.07, 6.45) is 0. The fourth-order valence-corrected chi connectivity index (χ4v) is 5.72. The summed E-state index contributed by atoms with van der Waals surface area (Å²) in [6.45, 7) is 0.254. The molecule has 0 radical (unpaired) electrons. The molecule has 1 aliphatic heterocycles. The van der Waals surface area contributed by atoms with Crippen molar-refractivity contribution in [1.29, 1.82) is 0 Å². The monoisotopic (exact) mass is 504 g/mol. The second kappa shape index (κ2) is 9.09. The first-order chi connectivity index (χ1) is 16.8. The Hall–Kier alpha value is -3.81. The number of sulfone groups is 1. The molecule has 0 atom stereocenters. The third-order valence-electron chi connectivity index (χ3n) is 5.63. The van der Waals surface area contributed by atoms with E-state index in [1.54, 1.807) is 48.5 Å². The molecule has 0 saturated heterocycles. The number of amides is 1. The molecule has 1 N–H and O–H groups in total. The molecule has 0 unspecified atom stereocenters. The Kier molecular flexibility index (Phi) is 5.96. The molecule has 1 amide bonds. The lowest BCUT2D eigenvalue weighted by Crippen LogP contribution is -2.22. The molecule has 174 valence electrons. The number of nitrogens with zero attached hydrogens (tertiary/aromatic N) is 1. The van der Waals surface area contributed by atoms with Crippen LogP contribution in [0.4, 0.5) is 10.1 Å². The van der Waals surface area contributed by atoms with Gasteiger partial charge in [-0.1, -0.05) is 41.9 Å². The van der Waals surface area contributed by atoms with Crippen molar-refractivity contribution in [3.63, 3.8) is 0 Å². The standard InChI is InChI=1S/C27H18ClFN2O3S/c28-20-5-3-4-17(14-20)16-30-27(32)19-10-13-25-23(15-19)31-26(18-8-11-21(29)12-9-18)22-6-1-2-7-24(22)35(25,33)34/h1-15H,16H2,(H,30,32). The van der Waals surface area contributed by atoms with Crippen LogP contribution in [0.2, 0.25) is 5.02 Å². The number of benzene rings is 4. The molecule has 4 aromatic carbocycles. The maximum Gasteiger partial charge on any atom is 0.251 e. The molecule has 1 aliphatic rings. The van der Waals surface area contributed by atoms with Gasteiger partial charge in [-0.25, -0.2) is 17.8 Å². The van der Waals surface area contributed by atoms with Gasteiger partial charge in [0.15, 0.2) is 0 Å². The number of nitrogens with one attached hydrogen (secondary N) is 1. The lowest BCUT2D eigenvalue weighted by atomic mass is 10.0. The Labute approximate surface area is 206 Å². The van der Waals surface area contributed by atoms with Crippen LogP contribution in [0.25, 0.3) is 0 Å². The van der Waals surface area contributed by atoms with Gasteiger partial charge in [0.1, 0.15) is 5.82 Å². The van der Waals surface area contributed by atoms with Gasteiger partial charge in [0, 0.05) is 28.3 Å². The first kappa shape index (κ1) is 23.0. The second-order valence-electron chi connectivity index (χ2n) is 7.96. The number of aliphatic imine (C=N–C) groups is 1. The summed E-state index contributed by atoms with van der Waals surface area (Å²) in [7, 11) is -3.92. The summed E-state index contributed by atoms with van der Waals surface area (Å²) < 4.78 is 40.6. The zero-order chi connectivity index (χ0) is 24.6. The third-order valence-corrected chi connectivity index (χ3v) is 7.73. The average molecular weight is 505 g/mol. The van der Waals surface area contributed by atoms with Gasteiger partial charge >= 0.3 is 0 Å². The maximum atomic E-state index is 13.6. The Morgan fingerprint density at radius 3 is 2.43 bits per heavy atom. The topological polar surface area (TPSA) is 75.6 Å². The minimum atomic E-state index is -3.92. The molecule has 5 nitrogen and oxygen atoms in total. The van der Waals surface area contributed by atoms with Crippen molar-refractivity contribution in [2.45, 2.75) is 16.3 Å². The number of rotatable bonds is 4. The van der Waals surface area contributed by atoms with Crippen LogP contribution in [-0.4, -0.2) is 20.0 Å². The molecular formula is C27H18ClFN2O3S. The second-order valence-corrected chi connectivity index (χ2v) is 10.3. The van der Waals surface area contributed by atoms with Crippen LogP contribution in [0.3, 0.4) is 0 Å². The number of hydrogen-bond acceptors (Lipinski definition) is 4. The highest BCUT2D eigenvalue weighted by atomic mass is 35.5.